The van der Waals surface area contributed by atoms with E-state index in [0.29, 0.717) is 5.76 Å². The molecule has 0 spiro atoms. The number of halogens is 2. The van der Waals surface area contributed by atoms with Crippen molar-refractivity contribution in [2.45, 2.75) is 17.9 Å². The summed E-state index contributed by atoms with van der Waals surface area (Å²) in [6.45, 7) is 1.87. The van der Waals surface area contributed by atoms with Crippen LogP contribution in [-0.2, 0) is 4.79 Å². The molecular weight excluding hydrogens is 349 g/mol. The molecule has 1 heterocycles. The van der Waals surface area contributed by atoms with Gasteiger partial charge in [-0.2, -0.15) is 0 Å². The van der Waals surface area contributed by atoms with E-state index in [1.807, 2.05) is 37.3 Å². The van der Waals surface area contributed by atoms with Gasteiger partial charge in [-0.05, 0) is 37.3 Å². The lowest BCUT2D eigenvalue weighted by Gasteiger charge is -2.11. The first-order valence-corrected chi connectivity index (χ1v) is 8.75. The molecule has 0 saturated heterocycles. The standard InChI is InChI=1S/C18H15ClFNO2S/c1-11(17-8-12-4-2-3-5-16(12)23-17)21-18(22)10-24-13-6-7-15(20)14(19)9-13/h2-9,11H,10H2,1H3,(H,21,22)/t11-/m0/s1. The van der Waals surface area contributed by atoms with Gasteiger partial charge in [-0.15, -0.1) is 11.8 Å². The van der Waals surface area contributed by atoms with Crippen molar-refractivity contribution in [2.75, 3.05) is 5.75 Å². The van der Waals surface area contributed by atoms with Crippen molar-refractivity contribution < 1.29 is 13.6 Å². The zero-order valence-electron chi connectivity index (χ0n) is 12.9. The van der Waals surface area contributed by atoms with Crippen LogP contribution in [0.25, 0.3) is 11.0 Å². The van der Waals surface area contributed by atoms with Gasteiger partial charge in [0.15, 0.2) is 0 Å². The van der Waals surface area contributed by atoms with E-state index in [1.54, 1.807) is 6.07 Å². The van der Waals surface area contributed by atoms with Gasteiger partial charge in [0.05, 0.1) is 16.8 Å². The molecule has 1 N–H and O–H groups in total. The van der Waals surface area contributed by atoms with E-state index in [4.69, 9.17) is 16.0 Å². The monoisotopic (exact) mass is 363 g/mol. The zero-order valence-corrected chi connectivity index (χ0v) is 14.5. The van der Waals surface area contributed by atoms with Crippen LogP contribution in [0, 0.1) is 5.82 Å². The third kappa shape index (κ3) is 3.91. The number of furan rings is 1. The molecule has 0 bridgehead atoms. The Kier molecular flexibility index (Phi) is 5.11. The van der Waals surface area contributed by atoms with E-state index >= 15 is 0 Å². The van der Waals surface area contributed by atoms with Gasteiger partial charge < -0.3 is 9.73 Å². The Morgan fingerprint density at radius 3 is 2.83 bits per heavy atom. The molecule has 1 atom stereocenters. The second kappa shape index (κ2) is 7.28. The summed E-state index contributed by atoms with van der Waals surface area (Å²) in [5.41, 5.74) is 0.795. The quantitative estimate of drug-likeness (QED) is 0.634. The topological polar surface area (TPSA) is 42.2 Å². The van der Waals surface area contributed by atoms with Crippen molar-refractivity contribution in [3.05, 3.63) is 65.1 Å². The van der Waals surface area contributed by atoms with Crippen LogP contribution < -0.4 is 5.32 Å². The molecule has 0 radical (unpaired) electrons. The highest BCUT2D eigenvalue weighted by Crippen LogP contribution is 2.25. The average molecular weight is 364 g/mol. The van der Waals surface area contributed by atoms with Gasteiger partial charge in [-0.25, -0.2) is 4.39 Å². The number of hydrogen-bond acceptors (Lipinski definition) is 3. The number of amides is 1. The van der Waals surface area contributed by atoms with Crippen molar-refractivity contribution in [1.29, 1.82) is 0 Å². The number of carbonyl (C=O) groups excluding carboxylic acids is 1. The van der Waals surface area contributed by atoms with Crippen molar-refractivity contribution in [3.8, 4) is 0 Å². The number of hydrogen-bond donors (Lipinski definition) is 1. The number of rotatable bonds is 5. The Bertz CT molecular complexity index is 847. The van der Waals surface area contributed by atoms with Gasteiger partial charge >= 0.3 is 0 Å². The van der Waals surface area contributed by atoms with Crippen LogP contribution in [0.4, 0.5) is 4.39 Å². The molecule has 0 unspecified atom stereocenters. The van der Waals surface area contributed by atoms with E-state index in [1.165, 1.54) is 23.9 Å². The molecule has 0 saturated carbocycles. The zero-order chi connectivity index (χ0) is 17.1. The molecule has 1 aromatic heterocycles. The number of nitrogens with one attached hydrogen (secondary N) is 1. The molecule has 0 aliphatic rings. The van der Waals surface area contributed by atoms with Crippen molar-refractivity contribution in [2.24, 2.45) is 0 Å². The molecular formula is C18H15ClFNO2S. The molecule has 3 aromatic rings. The van der Waals surface area contributed by atoms with E-state index in [0.717, 1.165) is 15.9 Å². The molecule has 0 aliphatic carbocycles. The number of benzene rings is 2. The van der Waals surface area contributed by atoms with Crippen molar-refractivity contribution in [3.63, 3.8) is 0 Å². The average Bonchev–Trinajstić information content (AvgIpc) is 3.00. The van der Waals surface area contributed by atoms with Gasteiger partial charge in [0, 0.05) is 10.3 Å². The van der Waals surface area contributed by atoms with Crippen LogP contribution in [0.2, 0.25) is 5.02 Å². The lowest BCUT2D eigenvalue weighted by atomic mass is 10.2. The summed E-state index contributed by atoms with van der Waals surface area (Å²) in [4.78, 5) is 12.8. The van der Waals surface area contributed by atoms with Crippen LogP contribution in [0.5, 0.6) is 0 Å². The van der Waals surface area contributed by atoms with Gasteiger partial charge in [0.25, 0.3) is 0 Å². The van der Waals surface area contributed by atoms with Gasteiger partial charge in [-0.3, -0.25) is 4.79 Å². The minimum absolute atomic E-state index is 0.0519. The first-order chi connectivity index (χ1) is 11.5. The summed E-state index contributed by atoms with van der Waals surface area (Å²) in [6, 6.07) is 13.8. The fourth-order valence-electron chi connectivity index (χ4n) is 2.29. The van der Waals surface area contributed by atoms with Gasteiger partial charge in [0.2, 0.25) is 5.91 Å². The lowest BCUT2D eigenvalue weighted by Crippen LogP contribution is -2.27. The highest BCUT2D eigenvalue weighted by atomic mass is 35.5. The maximum absolute atomic E-state index is 13.1. The van der Waals surface area contributed by atoms with Crippen LogP contribution in [0.1, 0.15) is 18.7 Å². The second-order valence-corrected chi connectivity index (χ2v) is 6.80. The Morgan fingerprint density at radius 1 is 1.29 bits per heavy atom. The molecule has 1 amide bonds. The molecule has 6 heteroatoms. The predicted octanol–water partition coefficient (Wildman–Crippen LogP) is 5.19. The lowest BCUT2D eigenvalue weighted by molar-refractivity contribution is -0.119. The first kappa shape index (κ1) is 16.9. The SMILES string of the molecule is C[C@H](NC(=O)CSc1ccc(F)c(Cl)c1)c1cc2ccccc2o1. The normalized spacial score (nSPS) is 12.3. The Hall–Kier alpha value is -1.98. The van der Waals surface area contributed by atoms with Crippen LogP contribution in [0.3, 0.4) is 0 Å². The molecule has 3 nitrogen and oxygen atoms in total. The summed E-state index contributed by atoms with van der Waals surface area (Å²) in [6.07, 6.45) is 0. The maximum atomic E-state index is 13.1. The molecule has 0 aliphatic heterocycles. The Balaban J connectivity index is 1.58. The summed E-state index contributed by atoms with van der Waals surface area (Å²) in [5.74, 6) is 0.323. The fourth-order valence-corrected chi connectivity index (χ4v) is 3.28. The summed E-state index contributed by atoms with van der Waals surface area (Å²) in [5, 5.41) is 3.95. The highest BCUT2D eigenvalue weighted by Gasteiger charge is 2.14. The number of thioether (sulfide) groups is 1. The predicted molar refractivity (Wildman–Crippen MR) is 94.9 cm³/mol. The van der Waals surface area contributed by atoms with E-state index in [9.17, 15) is 9.18 Å². The largest absolute Gasteiger partial charge is 0.459 e. The van der Waals surface area contributed by atoms with E-state index in [2.05, 4.69) is 5.32 Å². The van der Waals surface area contributed by atoms with Gasteiger partial charge in [-0.1, -0.05) is 29.8 Å². The Labute approximate surface area is 148 Å². The van der Waals surface area contributed by atoms with Crippen LogP contribution >= 0.6 is 23.4 Å². The Morgan fingerprint density at radius 2 is 2.08 bits per heavy atom. The minimum Gasteiger partial charge on any atom is -0.459 e. The number of fused-ring (bicyclic) bond motifs is 1. The maximum Gasteiger partial charge on any atom is 0.230 e. The summed E-state index contributed by atoms with van der Waals surface area (Å²) < 4.78 is 18.9. The second-order valence-electron chi connectivity index (χ2n) is 5.34. The smallest absolute Gasteiger partial charge is 0.230 e. The van der Waals surface area contributed by atoms with Crippen molar-refractivity contribution >= 4 is 40.2 Å². The number of para-hydroxylation sites is 1. The summed E-state index contributed by atoms with van der Waals surface area (Å²) >= 11 is 7.03. The highest BCUT2D eigenvalue weighted by molar-refractivity contribution is 8.00. The van der Waals surface area contributed by atoms with E-state index in [-0.39, 0.29) is 22.7 Å². The molecule has 124 valence electrons. The summed E-state index contributed by atoms with van der Waals surface area (Å²) in [7, 11) is 0. The van der Waals surface area contributed by atoms with Crippen LogP contribution in [0.15, 0.2) is 57.8 Å². The van der Waals surface area contributed by atoms with Crippen LogP contribution in [-0.4, -0.2) is 11.7 Å². The third-order valence-electron chi connectivity index (χ3n) is 3.51. The molecule has 2 aromatic carbocycles. The van der Waals surface area contributed by atoms with E-state index < -0.39 is 5.82 Å². The third-order valence-corrected chi connectivity index (χ3v) is 4.79. The first-order valence-electron chi connectivity index (χ1n) is 7.38. The van der Waals surface area contributed by atoms with Gasteiger partial charge in [0.1, 0.15) is 17.2 Å². The minimum atomic E-state index is -0.469. The molecule has 0 fully saturated rings. The fraction of sp³-hybridized carbons (Fsp3) is 0.167. The molecule has 3 rings (SSSR count). The van der Waals surface area contributed by atoms with Crippen molar-refractivity contribution in [1.82, 2.24) is 5.32 Å². The number of carbonyl (C=O) groups is 1. The molecule has 24 heavy (non-hydrogen) atoms.